The van der Waals surface area contributed by atoms with Gasteiger partial charge in [-0.15, -0.1) is 0 Å². The van der Waals surface area contributed by atoms with Gasteiger partial charge in [0.2, 0.25) is 0 Å². The number of amides is 4. The van der Waals surface area contributed by atoms with Gasteiger partial charge in [0.1, 0.15) is 0 Å². The number of nitrogens with zero attached hydrogens (tertiary/aromatic N) is 5. The summed E-state index contributed by atoms with van der Waals surface area (Å²) in [6.07, 6.45) is 5.67. The molecule has 0 bridgehead atoms. The maximum absolute atomic E-state index is 14.3. The maximum Gasteiger partial charge on any atom is 0.419 e. The number of carbonyl (C=O) groups excluding carboxylic acids is 4. The van der Waals surface area contributed by atoms with Gasteiger partial charge in [0.25, 0.3) is 5.91 Å². The first-order valence-corrected chi connectivity index (χ1v) is 21.4. The fourth-order valence-electron chi connectivity index (χ4n) is 8.86. The summed E-state index contributed by atoms with van der Waals surface area (Å²) in [6, 6.07) is 11.7. The number of anilines is 1. The second-order valence-corrected chi connectivity index (χ2v) is 16.3. The van der Waals surface area contributed by atoms with Crippen LogP contribution in [0.1, 0.15) is 88.8 Å². The van der Waals surface area contributed by atoms with Gasteiger partial charge >= 0.3 is 23.8 Å². The zero-order valence-electron chi connectivity index (χ0n) is 35.0. The Bertz CT molecular complexity index is 1950. The number of benzene rings is 2. The number of likely N-dealkylation sites (tertiary alicyclic amines) is 3. The third kappa shape index (κ3) is 10.0. The van der Waals surface area contributed by atoms with E-state index in [0.717, 1.165) is 74.0 Å². The van der Waals surface area contributed by atoms with E-state index in [1.807, 2.05) is 49.1 Å². The number of hydrogen-bond acceptors (Lipinski definition) is 9. The van der Waals surface area contributed by atoms with Crippen LogP contribution in [0.15, 0.2) is 45.6 Å². The summed E-state index contributed by atoms with van der Waals surface area (Å²) in [4.78, 5) is 73.7. The van der Waals surface area contributed by atoms with Crippen molar-refractivity contribution in [3.05, 3.63) is 63.6 Å². The molecule has 3 aromatic rings. The fraction of sp³-hybridized carbons (Fsp3) is 0.614. The van der Waals surface area contributed by atoms with E-state index in [1.54, 1.807) is 22.9 Å². The molecular formula is C44H62N6O8. The molecule has 58 heavy (non-hydrogen) atoms. The first kappa shape index (κ1) is 42.7. The Morgan fingerprint density at radius 3 is 2.21 bits per heavy atom. The van der Waals surface area contributed by atoms with E-state index in [1.165, 1.54) is 11.0 Å². The van der Waals surface area contributed by atoms with Gasteiger partial charge in [0.05, 0.1) is 18.0 Å². The lowest BCUT2D eigenvalue weighted by molar-refractivity contribution is -0.151. The SMILES string of the molecule is CCC.CCCOC(=O)C1CCN(C2CCN(C(=O)[C@@H](Cc3cc(C)c4c(c3)oc(=O)n4C)OC(=O)N3CCC(N4CCc5ccccc5NC4=O)CC3)CC2)CC1. The molecule has 4 aliphatic rings. The molecule has 3 fully saturated rings. The van der Waals surface area contributed by atoms with Gasteiger partial charge in [-0.3, -0.25) is 14.2 Å². The quantitative estimate of drug-likeness (QED) is 0.253. The summed E-state index contributed by atoms with van der Waals surface area (Å²) in [6.45, 7) is 12.7. The Kier molecular flexibility index (Phi) is 14.5. The maximum atomic E-state index is 14.3. The van der Waals surface area contributed by atoms with E-state index >= 15 is 0 Å². The van der Waals surface area contributed by atoms with E-state index in [9.17, 15) is 24.0 Å². The van der Waals surface area contributed by atoms with E-state index in [2.05, 4.69) is 24.1 Å². The highest BCUT2D eigenvalue weighted by Gasteiger charge is 2.37. The highest BCUT2D eigenvalue weighted by atomic mass is 16.6. The van der Waals surface area contributed by atoms with Crippen molar-refractivity contribution in [2.24, 2.45) is 13.0 Å². The molecule has 14 nitrogen and oxygen atoms in total. The number of nitrogens with one attached hydrogen (secondary N) is 1. The van der Waals surface area contributed by atoms with Crippen LogP contribution in [0.5, 0.6) is 0 Å². The Morgan fingerprint density at radius 1 is 0.862 bits per heavy atom. The smallest absolute Gasteiger partial charge is 0.419 e. The number of aromatic nitrogens is 1. The van der Waals surface area contributed by atoms with Crippen molar-refractivity contribution in [3.63, 3.8) is 0 Å². The van der Waals surface area contributed by atoms with Gasteiger partial charge in [0.15, 0.2) is 11.7 Å². The second-order valence-electron chi connectivity index (χ2n) is 16.3. The summed E-state index contributed by atoms with van der Waals surface area (Å²) in [5, 5.41) is 3.04. The van der Waals surface area contributed by atoms with Gasteiger partial charge in [-0.05, 0) is 100 Å². The Hall–Kier alpha value is -4.85. The number of fused-ring (bicyclic) bond motifs is 2. The van der Waals surface area contributed by atoms with E-state index in [-0.39, 0.29) is 36.3 Å². The highest BCUT2D eigenvalue weighted by molar-refractivity contribution is 5.91. The topological polar surface area (TPSA) is 147 Å². The normalized spacial score (nSPS) is 19.1. The van der Waals surface area contributed by atoms with E-state index < -0.39 is 18.0 Å². The van der Waals surface area contributed by atoms with Crippen molar-refractivity contribution in [1.29, 1.82) is 0 Å². The molecule has 0 unspecified atom stereocenters. The molecule has 0 radical (unpaired) electrons. The zero-order chi connectivity index (χ0) is 41.3. The third-order valence-corrected chi connectivity index (χ3v) is 12.0. The van der Waals surface area contributed by atoms with Crippen LogP contribution in [0.4, 0.5) is 15.3 Å². The first-order valence-electron chi connectivity index (χ1n) is 21.4. The van der Waals surface area contributed by atoms with Crippen molar-refractivity contribution < 1.29 is 33.1 Å². The van der Waals surface area contributed by atoms with Gasteiger partial charge in [-0.25, -0.2) is 14.4 Å². The number of urea groups is 1. The molecule has 2 aromatic carbocycles. The molecular weight excluding hydrogens is 741 g/mol. The van der Waals surface area contributed by atoms with Crippen molar-refractivity contribution in [2.45, 2.75) is 110 Å². The number of piperidine rings is 3. The number of esters is 1. The largest absolute Gasteiger partial charge is 0.465 e. The molecule has 3 saturated heterocycles. The molecule has 0 spiro atoms. The zero-order valence-corrected chi connectivity index (χ0v) is 35.0. The third-order valence-electron chi connectivity index (χ3n) is 12.0. The molecule has 7 rings (SSSR count). The lowest BCUT2D eigenvalue weighted by Crippen LogP contribution is -2.53. The Labute approximate surface area is 341 Å². The number of rotatable bonds is 9. The lowest BCUT2D eigenvalue weighted by Gasteiger charge is -2.42. The average molecular weight is 803 g/mol. The molecule has 4 amide bonds. The lowest BCUT2D eigenvalue weighted by atomic mass is 9.93. The number of oxazole rings is 1. The molecule has 1 atom stereocenters. The van der Waals surface area contributed by atoms with Crippen molar-refractivity contribution in [2.75, 3.05) is 57.7 Å². The predicted molar refractivity (Wildman–Crippen MR) is 222 cm³/mol. The van der Waals surface area contributed by atoms with Crippen LogP contribution in [0, 0.1) is 12.8 Å². The first-order chi connectivity index (χ1) is 28.0. The fourth-order valence-corrected chi connectivity index (χ4v) is 8.86. The highest BCUT2D eigenvalue weighted by Crippen LogP contribution is 2.28. The summed E-state index contributed by atoms with van der Waals surface area (Å²) < 4.78 is 18.4. The van der Waals surface area contributed by atoms with Crippen LogP contribution < -0.4 is 11.1 Å². The predicted octanol–water partition coefficient (Wildman–Crippen LogP) is 6.11. The number of para-hydroxylation sites is 1. The molecule has 1 N–H and O–H groups in total. The number of ether oxygens (including phenoxy) is 2. The van der Waals surface area contributed by atoms with Crippen molar-refractivity contribution in [1.82, 2.24) is 24.2 Å². The second kappa shape index (κ2) is 19.7. The van der Waals surface area contributed by atoms with Gasteiger partial charge in [-0.1, -0.05) is 51.5 Å². The van der Waals surface area contributed by atoms with Crippen LogP contribution in [0.3, 0.4) is 0 Å². The van der Waals surface area contributed by atoms with Crippen LogP contribution >= 0.6 is 0 Å². The molecule has 0 aliphatic carbocycles. The Morgan fingerprint density at radius 2 is 1.52 bits per heavy atom. The van der Waals surface area contributed by atoms with Crippen LogP contribution in [-0.2, 0) is 39.0 Å². The summed E-state index contributed by atoms with van der Waals surface area (Å²) in [5.41, 5.74) is 4.60. The van der Waals surface area contributed by atoms with E-state index in [0.29, 0.717) is 69.3 Å². The van der Waals surface area contributed by atoms with E-state index in [4.69, 9.17) is 13.9 Å². The average Bonchev–Trinajstić information content (AvgIpc) is 3.41. The minimum absolute atomic E-state index is 0.0204. The van der Waals surface area contributed by atoms with Gasteiger partial charge in [-0.2, -0.15) is 0 Å². The standard InChI is InChI=1S/C41H54N6O8.C3H8/c1-4-23-53-38(49)30-9-16-44(17-10-30)31-12-18-45(19-13-31)37(48)35(26-28-24-27(2)36-34(25-28)54-40(51)43(36)3)55-41(52)46-20-14-32(15-21-46)47-22-11-29-7-5-6-8-33(29)42-39(47)50;1-3-2/h5-8,24-25,30-32,35H,4,9-23,26H2,1-3H3,(H,42,50);3H2,1-2H3/t35-;/m1./s1. The summed E-state index contributed by atoms with van der Waals surface area (Å²) >= 11 is 0. The molecule has 316 valence electrons. The summed E-state index contributed by atoms with van der Waals surface area (Å²) in [7, 11) is 1.66. The van der Waals surface area contributed by atoms with Crippen LogP contribution in [0.2, 0.25) is 0 Å². The van der Waals surface area contributed by atoms with Crippen LogP contribution in [0.25, 0.3) is 11.1 Å². The minimum atomic E-state index is -1.08. The number of carbonyl (C=O) groups is 4. The van der Waals surface area contributed by atoms with Gasteiger partial charge < -0.3 is 38.8 Å². The number of aryl methyl sites for hydroxylation is 2. The van der Waals surface area contributed by atoms with Gasteiger partial charge in [0, 0.05) is 64.0 Å². The molecule has 4 aliphatic heterocycles. The number of hydrogen-bond donors (Lipinski definition) is 1. The van der Waals surface area contributed by atoms with Crippen molar-refractivity contribution in [3.8, 4) is 0 Å². The molecule has 1 aromatic heterocycles. The molecule has 5 heterocycles. The Balaban J connectivity index is 0.00000183. The minimum Gasteiger partial charge on any atom is -0.465 e. The van der Waals surface area contributed by atoms with Crippen LogP contribution in [-0.4, -0.2) is 119 Å². The van der Waals surface area contributed by atoms with Crippen molar-refractivity contribution >= 4 is 40.8 Å². The molecule has 0 saturated carbocycles. The summed E-state index contributed by atoms with van der Waals surface area (Å²) in [5.74, 6) is -0.855. The molecule has 14 heteroatoms. The monoisotopic (exact) mass is 802 g/mol.